The minimum absolute atomic E-state index is 0.514. The third kappa shape index (κ3) is 2.98. The van der Waals surface area contributed by atoms with Gasteiger partial charge in [-0.2, -0.15) is 0 Å². The molecule has 1 heteroatoms. The molecule has 100 valence electrons. The second-order valence-electron chi connectivity index (χ2n) is 5.78. The first-order valence-electron chi connectivity index (χ1n) is 6.98. The molecule has 0 aliphatic rings. The van der Waals surface area contributed by atoms with Crippen molar-refractivity contribution in [1.82, 2.24) is 0 Å². The van der Waals surface area contributed by atoms with Crippen LogP contribution in [0.4, 0.5) is 5.69 Å². The molecule has 0 amide bonds. The van der Waals surface area contributed by atoms with Crippen LogP contribution < -0.4 is 5.73 Å². The van der Waals surface area contributed by atoms with Gasteiger partial charge in [0.1, 0.15) is 0 Å². The molecule has 0 bridgehead atoms. The van der Waals surface area contributed by atoms with Gasteiger partial charge in [0.05, 0.1) is 0 Å². The Balaban J connectivity index is 2.36. The molecule has 0 aliphatic heterocycles. The molecule has 1 nitrogen and oxygen atoms in total. The zero-order chi connectivity index (χ0) is 14.0. The summed E-state index contributed by atoms with van der Waals surface area (Å²) >= 11 is 0. The van der Waals surface area contributed by atoms with Crippen molar-refractivity contribution in [3.05, 3.63) is 53.6 Å². The Hall–Kier alpha value is -1.76. The minimum atomic E-state index is 0.514. The predicted octanol–water partition coefficient (Wildman–Crippen LogP) is 5.18. The molecule has 2 rings (SSSR count). The fourth-order valence-electron chi connectivity index (χ4n) is 2.25. The first-order chi connectivity index (χ1) is 8.99. The molecular formula is C18H23N. The van der Waals surface area contributed by atoms with E-state index in [1.165, 1.54) is 16.7 Å². The summed E-state index contributed by atoms with van der Waals surface area (Å²) < 4.78 is 0. The van der Waals surface area contributed by atoms with E-state index in [1.54, 1.807) is 0 Å². The van der Waals surface area contributed by atoms with Crippen LogP contribution in [-0.4, -0.2) is 0 Å². The van der Waals surface area contributed by atoms with Crippen LogP contribution in [0.3, 0.4) is 0 Å². The van der Waals surface area contributed by atoms with E-state index < -0.39 is 0 Å². The molecule has 0 atom stereocenters. The highest BCUT2D eigenvalue weighted by Gasteiger charge is 2.06. The number of anilines is 1. The van der Waals surface area contributed by atoms with E-state index in [1.807, 2.05) is 0 Å². The van der Waals surface area contributed by atoms with Gasteiger partial charge in [0.25, 0.3) is 0 Å². The van der Waals surface area contributed by atoms with Crippen LogP contribution in [0.15, 0.2) is 42.5 Å². The summed E-state index contributed by atoms with van der Waals surface area (Å²) in [6.45, 7) is 8.79. The fourth-order valence-corrected chi connectivity index (χ4v) is 2.25. The molecule has 2 N–H and O–H groups in total. The molecular weight excluding hydrogens is 230 g/mol. The molecule has 0 spiro atoms. The molecule has 0 unspecified atom stereocenters. The van der Waals surface area contributed by atoms with Crippen LogP contribution in [0.2, 0.25) is 0 Å². The Kier molecular flexibility index (Phi) is 3.94. The quantitative estimate of drug-likeness (QED) is 0.749. The molecule has 0 saturated heterocycles. The molecule has 0 aromatic heterocycles. The van der Waals surface area contributed by atoms with E-state index >= 15 is 0 Å². The van der Waals surface area contributed by atoms with Crippen LogP contribution in [0, 0.1) is 0 Å². The van der Waals surface area contributed by atoms with Crippen LogP contribution in [0.1, 0.15) is 50.7 Å². The zero-order valence-electron chi connectivity index (χ0n) is 12.3. The molecule has 0 radical (unpaired) electrons. The predicted molar refractivity (Wildman–Crippen MR) is 84.5 cm³/mol. The first kappa shape index (κ1) is 13.7. The van der Waals surface area contributed by atoms with Gasteiger partial charge in [-0.05, 0) is 34.6 Å². The molecule has 0 fully saturated rings. The zero-order valence-corrected chi connectivity index (χ0v) is 12.3. The Labute approximate surface area is 116 Å². The average molecular weight is 253 g/mol. The fraction of sp³-hybridized carbons (Fsp3) is 0.333. The lowest BCUT2D eigenvalue weighted by molar-refractivity contribution is 0.866. The van der Waals surface area contributed by atoms with Crippen LogP contribution in [0.5, 0.6) is 0 Å². The van der Waals surface area contributed by atoms with Gasteiger partial charge in [-0.1, -0.05) is 64.1 Å². The summed E-state index contributed by atoms with van der Waals surface area (Å²) in [6, 6.07) is 15.1. The monoisotopic (exact) mass is 253 g/mol. The van der Waals surface area contributed by atoms with Gasteiger partial charge in [0, 0.05) is 11.3 Å². The number of rotatable bonds is 3. The van der Waals surface area contributed by atoms with Crippen molar-refractivity contribution in [1.29, 1.82) is 0 Å². The number of hydrogen-bond acceptors (Lipinski definition) is 1. The van der Waals surface area contributed by atoms with E-state index in [9.17, 15) is 0 Å². The third-order valence-electron chi connectivity index (χ3n) is 3.63. The Morgan fingerprint density at radius 3 is 1.74 bits per heavy atom. The van der Waals surface area contributed by atoms with Crippen molar-refractivity contribution in [3.8, 4) is 11.1 Å². The normalized spacial score (nSPS) is 11.3. The van der Waals surface area contributed by atoms with E-state index in [0.717, 1.165) is 11.3 Å². The smallest absolute Gasteiger partial charge is 0.0396 e. The van der Waals surface area contributed by atoms with Crippen molar-refractivity contribution in [3.63, 3.8) is 0 Å². The van der Waals surface area contributed by atoms with Gasteiger partial charge in [-0.3, -0.25) is 0 Å². The van der Waals surface area contributed by atoms with Gasteiger partial charge < -0.3 is 5.73 Å². The summed E-state index contributed by atoms with van der Waals surface area (Å²) in [6.07, 6.45) is 0. The van der Waals surface area contributed by atoms with E-state index in [4.69, 9.17) is 5.73 Å². The average Bonchev–Trinajstić information content (AvgIpc) is 2.38. The van der Waals surface area contributed by atoms with Gasteiger partial charge >= 0.3 is 0 Å². The maximum atomic E-state index is 6.19. The summed E-state index contributed by atoms with van der Waals surface area (Å²) in [7, 11) is 0. The van der Waals surface area contributed by atoms with E-state index in [2.05, 4.69) is 70.2 Å². The van der Waals surface area contributed by atoms with Crippen molar-refractivity contribution in [2.45, 2.75) is 39.5 Å². The van der Waals surface area contributed by atoms with Gasteiger partial charge in [-0.25, -0.2) is 0 Å². The molecule has 2 aromatic carbocycles. The van der Waals surface area contributed by atoms with Crippen LogP contribution in [0.25, 0.3) is 11.1 Å². The Morgan fingerprint density at radius 1 is 0.737 bits per heavy atom. The highest BCUT2D eigenvalue weighted by atomic mass is 14.6. The number of nitrogens with two attached hydrogens (primary N) is 1. The number of nitrogen functional groups attached to an aromatic ring is 1. The summed E-state index contributed by atoms with van der Waals surface area (Å²) in [5, 5.41) is 0. The molecule has 0 saturated carbocycles. The lowest BCUT2D eigenvalue weighted by atomic mass is 9.95. The second kappa shape index (κ2) is 5.48. The topological polar surface area (TPSA) is 26.0 Å². The Bertz CT molecular complexity index is 550. The molecule has 19 heavy (non-hydrogen) atoms. The van der Waals surface area contributed by atoms with E-state index in [0.29, 0.717) is 11.8 Å². The highest BCUT2D eigenvalue weighted by Crippen LogP contribution is 2.30. The van der Waals surface area contributed by atoms with Crippen molar-refractivity contribution in [2.24, 2.45) is 0 Å². The van der Waals surface area contributed by atoms with Gasteiger partial charge in [0.2, 0.25) is 0 Å². The largest absolute Gasteiger partial charge is 0.398 e. The van der Waals surface area contributed by atoms with Gasteiger partial charge in [0.15, 0.2) is 0 Å². The molecule has 2 aromatic rings. The Morgan fingerprint density at radius 2 is 1.26 bits per heavy atom. The third-order valence-corrected chi connectivity index (χ3v) is 3.63. The lowest BCUT2D eigenvalue weighted by Gasteiger charge is -2.12. The van der Waals surface area contributed by atoms with Crippen LogP contribution in [-0.2, 0) is 0 Å². The first-order valence-corrected chi connectivity index (χ1v) is 6.98. The van der Waals surface area contributed by atoms with Crippen molar-refractivity contribution in [2.75, 3.05) is 5.73 Å². The standard InChI is InChI=1S/C18H23N/c1-12(2)14-5-7-15(8-6-14)17-10-9-16(13(3)4)11-18(17)19/h5-13H,19H2,1-4H3. The highest BCUT2D eigenvalue weighted by molar-refractivity contribution is 5.77. The number of benzene rings is 2. The van der Waals surface area contributed by atoms with E-state index in [-0.39, 0.29) is 0 Å². The maximum Gasteiger partial charge on any atom is 0.0396 e. The SMILES string of the molecule is CC(C)c1ccc(-c2ccc(C(C)C)cc2N)cc1. The summed E-state index contributed by atoms with van der Waals surface area (Å²) in [5.74, 6) is 1.08. The maximum absolute atomic E-state index is 6.19. The van der Waals surface area contributed by atoms with Crippen molar-refractivity contribution >= 4 is 5.69 Å². The van der Waals surface area contributed by atoms with Crippen LogP contribution >= 0.6 is 0 Å². The van der Waals surface area contributed by atoms with Gasteiger partial charge in [-0.15, -0.1) is 0 Å². The molecule has 0 heterocycles. The molecule has 0 aliphatic carbocycles. The number of hydrogen-bond donors (Lipinski definition) is 1. The summed E-state index contributed by atoms with van der Waals surface area (Å²) in [5.41, 5.74) is 12.0. The summed E-state index contributed by atoms with van der Waals surface area (Å²) in [4.78, 5) is 0. The van der Waals surface area contributed by atoms with Crippen molar-refractivity contribution < 1.29 is 0 Å². The minimum Gasteiger partial charge on any atom is -0.398 e. The second-order valence-corrected chi connectivity index (χ2v) is 5.78. The lowest BCUT2D eigenvalue weighted by Crippen LogP contribution is -1.95.